The van der Waals surface area contributed by atoms with Crippen molar-refractivity contribution in [2.45, 2.75) is 70.1 Å². The van der Waals surface area contributed by atoms with Crippen LogP contribution in [-0.2, 0) is 21.0 Å². The number of carbonyl (C=O) groups excluding carboxylic acids is 2. The lowest BCUT2D eigenvalue weighted by atomic mass is 9.40. The molecule has 1 saturated heterocycles. The van der Waals surface area contributed by atoms with Crippen molar-refractivity contribution in [3.8, 4) is 5.75 Å². The molecule has 6 nitrogen and oxygen atoms in total. The minimum absolute atomic E-state index is 0.0499. The van der Waals surface area contributed by atoms with Crippen LogP contribution in [-0.4, -0.2) is 64.3 Å². The Morgan fingerprint density at radius 2 is 1.93 bits per heavy atom. The highest BCUT2D eigenvalue weighted by Gasteiger charge is 2.83. The van der Waals surface area contributed by atoms with Crippen LogP contribution in [0.2, 0.25) is 0 Å². The monoisotopic (exact) mass is 591 g/mol. The van der Waals surface area contributed by atoms with Gasteiger partial charge in [-0.1, -0.05) is 43.8 Å². The molecule has 1 aromatic rings. The van der Waals surface area contributed by atoms with E-state index in [1.165, 1.54) is 12.2 Å². The Morgan fingerprint density at radius 1 is 1.22 bits per heavy atom. The van der Waals surface area contributed by atoms with Crippen LogP contribution in [0.5, 0.6) is 5.75 Å². The summed E-state index contributed by atoms with van der Waals surface area (Å²) in [6, 6.07) is 6.50. The molecule has 0 spiro atoms. The summed E-state index contributed by atoms with van der Waals surface area (Å²) in [6.45, 7) is 5.96. The first-order valence-corrected chi connectivity index (χ1v) is 15.1. The summed E-state index contributed by atoms with van der Waals surface area (Å²) in [5.74, 6) is -1.11. The van der Waals surface area contributed by atoms with Crippen molar-refractivity contribution in [2.75, 3.05) is 19.7 Å². The van der Waals surface area contributed by atoms with E-state index < -0.39 is 68.5 Å². The number of carbonyl (C=O) groups is 2. The van der Waals surface area contributed by atoms with Gasteiger partial charge in [-0.2, -0.15) is 5.06 Å². The molecule has 0 aromatic heterocycles. The van der Waals surface area contributed by atoms with Crippen molar-refractivity contribution in [1.29, 1.82) is 0 Å². The molecule has 222 valence electrons. The number of allylic oxidation sites excluding steroid dienone is 4. The van der Waals surface area contributed by atoms with Crippen LogP contribution in [0.25, 0.3) is 0 Å². The van der Waals surface area contributed by atoms with Crippen LogP contribution in [0.3, 0.4) is 0 Å². The number of ketones is 1. The van der Waals surface area contributed by atoms with Crippen molar-refractivity contribution in [3.63, 3.8) is 0 Å². The second-order valence-electron chi connectivity index (χ2n) is 13.0. The number of aliphatic hydroxyl groups is 1. The second kappa shape index (κ2) is 9.43. The van der Waals surface area contributed by atoms with E-state index >= 15 is 8.78 Å². The van der Waals surface area contributed by atoms with Gasteiger partial charge in [-0.3, -0.25) is 14.4 Å². The average molecular weight is 592 g/mol. The predicted octanol–water partition coefficient (Wildman–Crippen LogP) is 5.30. The van der Waals surface area contributed by atoms with Crippen molar-refractivity contribution < 1.29 is 37.4 Å². The average Bonchev–Trinajstić information content (AvgIpc) is 3.37. The van der Waals surface area contributed by atoms with Gasteiger partial charge in [0.1, 0.15) is 17.9 Å². The van der Waals surface area contributed by atoms with Crippen LogP contribution >= 0.6 is 11.8 Å². The second-order valence-corrected chi connectivity index (χ2v) is 13.8. The summed E-state index contributed by atoms with van der Waals surface area (Å²) in [6.07, 6.45) is 0.619. The fourth-order valence-electron chi connectivity index (χ4n) is 9.31. The third kappa shape index (κ3) is 3.57. The minimum Gasteiger partial charge on any atom is -0.497 e. The first-order valence-electron chi connectivity index (χ1n) is 14.1. The third-order valence-electron chi connectivity index (χ3n) is 11.4. The molecule has 1 heterocycles. The maximum Gasteiger partial charge on any atom is 0.226 e. The molecule has 0 unspecified atom stereocenters. The van der Waals surface area contributed by atoms with Gasteiger partial charge in [0, 0.05) is 35.8 Å². The van der Waals surface area contributed by atoms with Crippen molar-refractivity contribution in [3.05, 3.63) is 53.6 Å². The number of fused-ring (bicyclic) bond motifs is 7. The number of methoxy groups -OCH3 is 1. The maximum atomic E-state index is 17.7. The van der Waals surface area contributed by atoms with Gasteiger partial charge in [-0.15, -0.1) is 0 Å². The number of benzene rings is 1. The minimum atomic E-state index is -2.29. The van der Waals surface area contributed by atoms with Crippen LogP contribution in [0.15, 0.2) is 48.1 Å². The highest BCUT2D eigenvalue weighted by molar-refractivity contribution is 8.13. The fraction of sp³-hybridized carbons (Fsp3) is 0.613. The van der Waals surface area contributed by atoms with Gasteiger partial charge in [-0.05, 0) is 67.0 Å². The summed E-state index contributed by atoms with van der Waals surface area (Å²) in [5.41, 5.74) is -6.49. The number of hydrogen-bond acceptors (Lipinski definition) is 7. The van der Waals surface area contributed by atoms with Crippen LogP contribution in [0.4, 0.5) is 13.2 Å². The number of hydroxylamine groups is 2. The summed E-state index contributed by atoms with van der Waals surface area (Å²) < 4.78 is 52.6. The lowest BCUT2D eigenvalue weighted by Gasteiger charge is -2.67. The van der Waals surface area contributed by atoms with E-state index in [0.29, 0.717) is 37.0 Å². The first-order chi connectivity index (χ1) is 19.3. The maximum absolute atomic E-state index is 17.7. The van der Waals surface area contributed by atoms with E-state index in [9.17, 15) is 19.1 Å². The standard InChI is InChI=1S/C31H36F3NO5S/c1-27-10-9-20(36)11-22(27)23(33)12-24-28(2)13-19-16-35(15-18-5-7-21(39-4)8-6-18)40-31(19,26(38)41-17-32)29(28,3)14-25(37)30(24,27)34/h5-11,19,23-25,37H,12-17H2,1-4H3/t19-,23-,24-,25-,27-,28-,29-,30-,31-/m0/s1. The lowest BCUT2D eigenvalue weighted by molar-refractivity contribution is -0.286. The van der Waals surface area contributed by atoms with Gasteiger partial charge in [0.2, 0.25) is 5.12 Å². The Balaban J connectivity index is 1.42. The zero-order valence-corrected chi connectivity index (χ0v) is 24.5. The van der Waals surface area contributed by atoms with Gasteiger partial charge >= 0.3 is 0 Å². The van der Waals surface area contributed by atoms with Crippen molar-refractivity contribution in [2.24, 2.45) is 28.1 Å². The molecule has 0 radical (unpaired) electrons. The summed E-state index contributed by atoms with van der Waals surface area (Å²) in [4.78, 5) is 32.6. The van der Waals surface area contributed by atoms with E-state index in [4.69, 9.17) is 9.57 Å². The third-order valence-corrected chi connectivity index (χ3v) is 12.1. The van der Waals surface area contributed by atoms with Gasteiger partial charge < -0.3 is 9.84 Å². The number of thioether (sulfide) groups is 1. The number of nitrogens with zero attached hydrogens (tertiary/aromatic N) is 1. The van der Waals surface area contributed by atoms with E-state index in [0.717, 1.165) is 11.6 Å². The SMILES string of the molecule is COc1ccc(CN2C[C@@H]3C[C@@]4(C)[C@@H]5C[C@H](F)C6=CC(=O)C=C[C@]6(C)[C@@]5(F)[C@@H](O)C[C@]4(C)[C@]3(C(=O)SCF)O2)cc1. The normalized spacial score (nSPS) is 45.0. The lowest BCUT2D eigenvalue weighted by Crippen LogP contribution is -2.73. The number of ether oxygens (including phenoxy) is 1. The molecule has 9 atom stereocenters. The van der Waals surface area contributed by atoms with Gasteiger partial charge in [0.05, 0.1) is 13.2 Å². The van der Waals surface area contributed by atoms with Crippen molar-refractivity contribution in [1.82, 2.24) is 5.06 Å². The Labute approximate surface area is 242 Å². The van der Waals surface area contributed by atoms with Gasteiger partial charge in [0.15, 0.2) is 17.1 Å². The fourth-order valence-corrected chi connectivity index (χ4v) is 10.0. The molecular weight excluding hydrogens is 555 g/mol. The molecule has 4 fully saturated rings. The quantitative estimate of drug-likeness (QED) is 0.498. The van der Waals surface area contributed by atoms with Gasteiger partial charge in [-0.25, -0.2) is 13.2 Å². The van der Waals surface area contributed by atoms with Crippen LogP contribution in [0.1, 0.15) is 45.6 Å². The van der Waals surface area contributed by atoms with Crippen molar-refractivity contribution >= 4 is 22.7 Å². The molecular formula is C31H36F3NO5S. The number of rotatable bonds is 5. The Morgan fingerprint density at radius 3 is 2.59 bits per heavy atom. The number of hydrogen-bond donors (Lipinski definition) is 1. The molecule has 0 amide bonds. The topological polar surface area (TPSA) is 76.1 Å². The summed E-state index contributed by atoms with van der Waals surface area (Å²) >= 11 is 0.529. The highest BCUT2D eigenvalue weighted by Crippen LogP contribution is 2.78. The highest BCUT2D eigenvalue weighted by atomic mass is 32.2. The molecule has 1 N–H and O–H groups in total. The summed E-state index contributed by atoms with van der Waals surface area (Å²) in [5, 5.41) is 12.9. The predicted molar refractivity (Wildman–Crippen MR) is 148 cm³/mol. The van der Waals surface area contributed by atoms with E-state index in [2.05, 4.69) is 0 Å². The molecule has 5 aliphatic rings. The molecule has 4 aliphatic carbocycles. The van der Waals surface area contributed by atoms with E-state index in [1.54, 1.807) is 19.1 Å². The Bertz CT molecular complexity index is 1340. The molecule has 0 bridgehead atoms. The molecule has 1 aromatic carbocycles. The first kappa shape index (κ1) is 29.0. The number of aliphatic hydroxyl groups excluding tert-OH is 1. The largest absolute Gasteiger partial charge is 0.497 e. The number of alkyl halides is 3. The van der Waals surface area contributed by atoms with Crippen LogP contribution in [0, 0.1) is 28.1 Å². The van der Waals surface area contributed by atoms with Gasteiger partial charge in [0.25, 0.3) is 0 Å². The zero-order valence-electron chi connectivity index (χ0n) is 23.7. The molecule has 6 rings (SSSR count). The molecule has 41 heavy (non-hydrogen) atoms. The molecule has 10 heteroatoms. The zero-order chi connectivity index (χ0) is 29.6. The van der Waals surface area contributed by atoms with E-state index in [1.807, 2.05) is 38.1 Å². The number of halogens is 3. The molecule has 3 saturated carbocycles. The van der Waals surface area contributed by atoms with E-state index in [-0.39, 0.29) is 18.4 Å². The Kier molecular flexibility index (Phi) is 6.66. The summed E-state index contributed by atoms with van der Waals surface area (Å²) in [7, 11) is 1.58. The smallest absolute Gasteiger partial charge is 0.226 e. The molecule has 1 aliphatic heterocycles. The van der Waals surface area contributed by atoms with Crippen LogP contribution < -0.4 is 4.74 Å². The Hall–Kier alpha value is -2.14.